The number of benzene rings is 3. The molecule has 1 unspecified atom stereocenters. The van der Waals surface area contributed by atoms with Crippen molar-refractivity contribution in [1.29, 1.82) is 0 Å². The second kappa shape index (κ2) is 8.01. The number of carbonyl (C=O) groups is 1. The summed E-state index contributed by atoms with van der Waals surface area (Å²) in [6, 6.07) is 23.5. The molecule has 0 aliphatic carbocycles. The van der Waals surface area contributed by atoms with E-state index < -0.39 is 0 Å². The number of hydrogen-bond acceptors (Lipinski definition) is 3. The van der Waals surface area contributed by atoms with Gasteiger partial charge in [0, 0.05) is 22.5 Å². The lowest BCUT2D eigenvalue weighted by Crippen LogP contribution is -2.35. The molecular formula is C24H22N2O2. The summed E-state index contributed by atoms with van der Waals surface area (Å²) in [4.78, 5) is 12.8. The third-order valence-corrected chi connectivity index (χ3v) is 4.85. The molecule has 0 aromatic heterocycles. The van der Waals surface area contributed by atoms with Crippen molar-refractivity contribution in [3.63, 3.8) is 0 Å². The number of nitrogens with one attached hydrogen (secondary N) is 2. The van der Waals surface area contributed by atoms with Crippen molar-refractivity contribution >= 4 is 23.4 Å². The first-order valence-corrected chi connectivity index (χ1v) is 9.31. The van der Waals surface area contributed by atoms with Gasteiger partial charge in [-0.05, 0) is 36.2 Å². The van der Waals surface area contributed by atoms with Crippen molar-refractivity contribution in [3.8, 4) is 16.9 Å². The van der Waals surface area contributed by atoms with Crippen LogP contribution in [0.25, 0.3) is 17.2 Å². The van der Waals surface area contributed by atoms with Gasteiger partial charge in [0.05, 0.1) is 7.11 Å². The Morgan fingerprint density at radius 1 is 0.893 bits per heavy atom. The van der Waals surface area contributed by atoms with Crippen LogP contribution in [0.1, 0.15) is 12.0 Å². The lowest BCUT2D eigenvalue weighted by atomic mass is 9.98. The van der Waals surface area contributed by atoms with Crippen LogP contribution in [0.3, 0.4) is 0 Å². The zero-order valence-corrected chi connectivity index (χ0v) is 15.7. The van der Waals surface area contributed by atoms with Crippen molar-refractivity contribution in [2.75, 3.05) is 17.7 Å². The predicted molar refractivity (Wildman–Crippen MR) is 115 cm³/mol. The normalized spacial score (nSPS) is 15.6. The maximum absolute atomic E-state index is 12.8. The average Bonchev–Trinajstić information content (AvgIpc) is 2.73. The molecule has 3 aromatic rings. The lowest BCUT2D eigenvalue weighted by molar-refractivity contribution is -0.116. The number of para-hydroxylation sites is 2. The van der Waals surface area contributed by atoms with Crippen LogP contribution in [0.4, 0.5) is 11.4 Å². The molecular weight excluding hydrogens is 348 g/mol. The third-order valence-electron chi connectivity index (χ3n) is 4.85. The third kappa shape index (κ3) is 3.76. The zero-order valence-electron chi connectivity index (χ0n) is 15.7. The first kappa shape index (κ1) is 17.9. The molecule has 1 aliphatic heterocycles. The fraction of sp³-hybridized carbons (Fsp3) is 0.125. The Morgan fingerprint density at radius 3 is 2.25 bits per heavy atom. The summed E-state index contributed by atoms with van der Waals surface area (Å²) in [6.45, 7) is 0. The SMILES string of the molecule is COc1ccc(/C=C/CC2Nc3ccccc3-c3ccccc3NC2=O)cc1. The van der Waals surface area contributed by atoms with Gasteiger partial charge in [0.25, 0.3) is 0 Å². The minimum absolute atomic E-state index is 0.0404. The molecule has 0 saturated carbocycles. The highest BCUT2D eigenvalue weighted by atomic mass is 16.5. The van der Waals surface area contributed by atoms with Crippen molar-refractivity contribution in [3.05, 3.63) is 84.4 Å². The number of ether oxygens (including phenoxy) is 1. The molecule has 1 heterocycles. The van der Waals surface area contributed by atoms with E-state index in [0.717, 1.165) is 33.8 Å². The van der Waals surface area contributed by atoms with Gasteiger partial charge in [-0.1, -0.05) is 60.7 Å². The topological polar surface area (TPSA) is 50.4 Å². The molecule has 2 N–H and O–H groups in total. The monoisotopic (exact) mass is 370 g/mol. The fourth-order valence-corrected chi connectivity index (χ4v) is 3.37. The van der Waals surface area contributed by atoms with E-state index in [4.69, 9.17) is 4.74 Å². The molecule has 4 heteroatoms. The minimum Gasteiger partial charge on any atom is -0.497 e. The van der Waals surface area contributed by atoms with E-state index in [2.05, 4.69) is 16.7 Å². The van der Waals surface area contributed by atoms with Gasteiger partial charge < -0.3 is 15.4 Å². The van der Waals surface area contributed by atoms with E-state index in [1.807, 2.05) is 78.9 Å². The molecule has 4 nitrogen and oxygen atoms in total. The molecule has 1 amide bonds. The summed E-state index contributed by atoms with van der Waals surface area (Å²) < 4.78 is 5.18. The van der Waals surface area contributed by atoms with E-state index in [-0.39, 0.29) is 11.9 Å². The quantitative estimate of drug-likeness (QED) is 0.664. The standard InChI is InChI=1S/C24H22N2O2/c1-28-18-15-13-17(14-16-18)7-6-12-23-24(27)26-22-11-5-3-9-20(22)19-8-2-4-10-21(19)25-23/h2-11,13-16,23,25H,12H2,1H3,(H,26,27)/b7-6+. The number of methoxy groups -OCH3 is 1. The Bertz CT molecular complexity index is 1010. The summed E-state index contributed by atoms with van der Waals surface area (Å²) in [7, 11) is 1.65. The first-order valence-electron chi connectivity index (χ1n) is 9.31. The van der Waals surface area contributed by atoms with E-state index in [0.29, 0.717) is 6.42 Å². The Hall–Kier alpha value is -3.53. The Balaban J connectivity index is 1.57. The molecule has 28 heavy (non-hydrogen) atoms. The lowest BCUT2D eigenvalue weighted by Gasteiger charge is -2.25. The van der Waals surface area contributed by atoms with Crippen LogP contribution < -0.4 is 15.4 Å². The summed E-state index contributed by atoms with van der Waals surface area (Å²) in [5, 5.41) is 6.48. The number of amides is 1. The zero-order chi connectivity index (χ0) is 19.3. The molecule has 0 radical (unpaired) electrons. The van der Waals surface area contributed by atoms with Gasteiger partial charge in [0.1, 0.15) is 11.8 Å². The highest BCUT2D eigenvalue weighted by Crippen LogP contribution is 2.35. The molecule has 0 fully saturated rings. The maximum atomic E-state index is 12.8. The van der Waals surface area contributed by atoms with Crippen LogP contribution in [0.5, 0.6) is 5.75 Å². The smallest absolute Gasteiger partial charge is 0.247 e. The van der Waals surface area contributed by atoms with Crippen molar-refractivity contribution < 1.29 is 9.53 Å². The number of rotatable bonds is 4. The fourth-order valence-electron chi connectivity index (χ4n) is 3.37. The number of hydrogen-bond donors (Lipinski definition) is 2. The van der Waals surface area contributed by atoms with Crippen LogP contribution in [-0.2, 0) is 4.79 Å². The van der Waals surface area contributed by atoms with E-state index in [9.17, 15) is 4.79 Å². The summed E-state index contributed by atoms with van der Waals surface area (Å²) in [5.74, 6) is 0.787. The van der Waals surface area contributed by atoms with Gasteiger partial charge in [-0.25, -0.2) is 0 Å². The van der Waals surface area contributed by atoms with E-state index in [1.165, 1.54) is 0 Å². The van der Waals surface area contributed by atoms with Gasteiger partial charge >= 0.3 is 0 Å². The molecule has 0 bridgehead atoms. The van der Waals surface area contributed by atoms with E-state index in [1.54, 1.807) is 7.11 Å². The molecule has 0 saturated heterocycles. The highest BCUT2D eigenvalue weighted by molar-refractivity contribution is 6.03. The average molecular weight is 370 g/mol. The van der Waals surface area contributed by atoms with Crippen LogP contribution in [-0.4, -0.2) is 19.1 Å². The summed E-state index contributed by atoms with van der Waals surface area (Å²) in [6.07, 6.45) is 4.62. The number of anilines is 2. The molecule has 0 spiro atoms. The highest BCUT2D eigenvalue weighted by Gasteiger charge is 2.23. The van der Waals surface area contributed by atoms with Gasteiger partial charge in [0.2, 0.25) is 5.91 Å². The minimum atomic E-state index is -0.357. The first-order chi connectivity index (χ1) is 13.7. The van der Waals surface area contributed by atoms with Crippen molar-refractivity contribution in [1.82, 2.24) is 0 Å². The Kier molecular flexibility index (Phi) is 5.11. The molecule has 1 atom stereocenters. The summed E-state index contributed by atoms with van der Waals surface area (Å²) >= 11 is 0. The maximum Gasteiger partial charge on any atom is 0.247 e. The van der Waals surface area contributed by atoms with Crippen LogP contribution in [0.15, 0.2) is 78.9 Å². The second-order valence-corrected chi connectivity index (χ2v) is 6.69. The molecule has 140 valence electrons. The van der Waals surface area contributed by atoms with Gasteiger partial charge in [-0.2, -0.15) is 0 Å². The molecule has 1 aliphatic rings. The Morgan fingerprint density at radius 2 is 1.54 bits per heavy atom. The van der Waals surface area contributed by atoms with Crippen LogP contribution in [0, 0.1) is 0 Å². The molecule has 4 rings (SSSR count). The molecule has 3 aromatic carbocycles. The predicted octanol–water partition coefficient (Wildman–Crippen LogP) is 5.20. The van der Waals surface area contributed by atoms with Crippen molar-refractivity contribution in [2.45, 2.75) is 12.5 Å². The van der Waals surface area contributed by atoms with Gasteiger partial charge in [-0.3, -0.25) is 4.79 Å². The number of fused-ring (bicyclic) bond motifs is 3. The van der Waals surface area contributed by atoms with Gasteiger partial charge in [0.15, 0.2) is 0 Å². The largest absolute Gasteiger partial charge is 0.497 e. The van der Waals surface area contributed by atoms with Crippen LogP contribution >= 0.6 is 0 Å². The second-order valence-electron chi connectivity index (χ2n) is 6.69. The summed E-state index contributed by atoms with van der Waals surface area (Å²) in [5.41, 5.74) is 4.98. The Labute approximate surface area is 164 Å². The number of carbonyl (C=O) groups excluding carboxylic acids is 1. The van der Waals surface area contributed by atoms with Gasteiger partial charge in [-0.15, -0.1) is 0 Å². The van der Waals surface area contributed by atoms with Crippen LogP contribution in [0.2, 0.25) is 0 Å². The van der Waals surface area contributed by atoms with Crippen molar-refractivity contribution in [2.24, 2.45) is 0 Å². The van der Waals surface area contributed by atoms with E-state index >= 15 is 0 Å².